The lowest BCUT2D eigenvalue weighted by Crippen LogP contribution is -2.43. The lowest BCUT2D eigenvalue weighted by atomic mass is 10.0. The Balaban J connectivity index is 1.87. The van der Waals surface area contributed by atoms with Crippen LogP contribution in [0.1, 0.15) is 51.5 Å². The summed E-state index contributed by atoms with van der Waals surface area (Å²) in [7, 11) is 0. The Labute approximate surface area is 166 Å². The van der Waals surface area contributed by atoms with Gasteiger partial charge in [0.2, 0.25) is 5.91 Å². The van der Waals surface area contributed by atoms with Crippen LogP contribution in [0.4, 0.5) is 0 Å². The van der Waals surface area contributed by atoms with Crippen LogP contribution < -0.4 is 4.74 Å². The maximum Gasteiger partial charge on any atom is 0.323 e. The lowest BCUT2D eigenvalue weighted by molar-refractivity contribution is -0.145. The van der Waals surface area contributed by atoms with E-state index in [4.69, 9.17) is 9.84 Å². The minimum absolute atomic E-state index is 0.0305. The lowest BCUT2D eigenvalue weighted by Gasteiger charge is -2.28. The van der Waals surface area contributed by atoms with Crippen LogP contribution in [0.25, 0.3) is 0 Å². The minimum Gasteiger partial charge on any atom is -0.484 e. The van der Waals surface area contributed by atoms with E-state index in [9.17, 15) is 14.4 Å². The average molecular weight is 390 g/mol. The van der Waals surface area contributed by atoms with Crippen molar-refractivity contribution in [3.8, 4) is 5.75 Å². The Morgan fingerprint density at radius 3 is 2.43 bits per heavy atom. The number of carboxylic acids is 1. The Kier molecular flexibility index (Phi) is 7.84. The largest absolute Gasteiger partial charge is 0.484 e. The van der Waals surface area contributed by atoms with E-state index in [-0.39, 0.29) is 31.0 Å². The highest BCUT2D eigenvalue weighted by Crippen LogP contribution is 2.20. The number of carbonyl (C=O) groups is 3. The molecule has 1 saturated heterocycles. The molecular formula is C21H30N2O5. The van der Waals surface area contributed by atoms with Gasteiger partial charge >= 0.3 is 5.97 Å². The van der Waals surface area contributed by atoms with Gasteiger partial charge in [-0.05, 0) is 42.9 Å². The third-order valence-corrected chi connectivity index (χ3v) is 5.11. The number of hydrogen-bond donors (Lipinski definition) is 1. The van der Waals surface area contributed by atoms with E-state index in [0.29, 0.717) is 37.6 Å². The highest BCUT2D eigenvalue weighted by Gasteiger charge is 2.27. The zero-order valence-corrected chi connectivity index (χ0v) is 16.9. The molecule has 1 aromatic carbocycles. The van der Waals surface area contributed by atoms with Crippen LogP contribution in [0.15, 0.2) is 24.3 Å². The summed E-state index contributed by atoms with van der Waals surface area (Å²) in [4.78, 5) is 38.5. The maximum atomic E-state index is 12.5. The molecule has 28 heavy (non-hydrogen) atoms. The van der Waals surface area contributed by atoms with Gasteiger partial charge < -0.3 is 19.6 Å². The third kappa shape index (κ3) is 6.25. The molecule has 1 N–H and O–H groups in total. The fraction of sp³-hybridized carbons (Fsp3) is 0.571. The first-order chi connectivity index (χ1) is 13.3. The second-order valence-electron chi connectivity index (χ2n) is 7.52. The summed E-state index contributed by atoms with van der Waals surface area (Å²) in [5, 5.41) is 9.02. The second-order valence-corrected chi connectivity index (χ2v) is 7.52. The predicted molar refractivity (Wildman–Crippen MR) is 105 cm³/mol. The van der Waals surface area contributed by atoms with Gasteiger partial charge in [-0.25, -0.2) is 0 Å². The molecule has 1 aliphatic heterocycles. The Bertz CT molecular complexity index is 687. The number of carbonyl (C=O) groups excluding carboxylic acids is 2. The standard InChI is InChI=1S/C21H30N2O5/c1-15(2)17-6-8-19(9-7-17)28-14-20(25)22-11-4-5-18(10-12-22)23(16(3)24)13-21(26)27/h6-9,15,18H,4-5,10-14H2,1-3H3,(H,26,27). The molecule has 7 nitrogen and oxygen atoms in total. The molecule has 7 heteroatoms. The zero-order chi connectivity index (χ0) is 20.7. The van der Waals surface area contributed by atoms with E-state index in [1.165, 1.54) is 17.4 Å². The number of likely N-dealkylation sites (tertiary alicyclic amines) is 1. The van der Waals surface area contributed by atoms with Crippen molar-refractivity contribution in [2.24, 2.45) is 0 Å². The van der Waals surface area contributed by atoms with E-state index >= 15 is 0 Å². The first-order valence-corrected chi connectivity index (χ1v) is 9.77. The highest BCUT2D eigenvalue weighted by molar-refractivity contribution is 5.80. The van der Waals surface area contributed by atoms with E-state index < -0.39 is 5.97 Å². The van der Waals surface area contributed by atoms with Crippen molar-refractivity contribution in [3.05, 3.63) is 29.8 Å². The number of rotatable bonds is 7. The van der Waals surface area contributed by atoms with Crippen LogP contribution in [0, 0.1) is 0 Å². The summed E-state index contributed by atoms with van der Waals surface area (Å²) in [6.07, 6.45) is 1.98. The molecule has 2 amide bonds. The van der Waals surface area contributed by atoms with Gasteiger partial charge in [0, 0.05) is 26.1 Å². The number of nitrogens with zero attached hydrogens (tertiary/aromatic N) is 2. The van der Waals surface area contributed by atoms with Gasteiger partial charge in [0.15, 0.2) is 6.61 Å². The van der Waals surface area contributed by atoms with Crippen LogP contribution in [0.2, 0.25) is 0 Å². The van der Waals surface area contributed by atoms with Crippen molar-refractivity contribution in [3.63, 3.8) is 0 Å². The molecule has 1 atom stereocenters. The number of benzene rings is 1. The van der Waals surface area contributed by atoms with Crippen molar-refractivity contribution < 1.29 is 24.2 Å². The molecule has 1 aromatic rings. The molecule has 2 rings (SSSR count). The fourth-order valence-corrected chi connectivity index (χ4v) is 3.47. The number of amides is 2. The van der Waals surface area contributed by atoms with Gasteiger partial charge in [-0.15, -0.1) is 0 Å². The molecule has 0 aromatic heterocycles. The number of carboxylic acid groups (broad SMARTS) is 1. The molecule has 154 valence electrons. The number of aliphatic carboxylic acids is 1. The molecule has 0 aliphatic carbocycles. The first-order valence-electron chi connectivity index (χ1n) is 9.77. The van der Waals surface area contributed by atoms with Crippen LogP contribution in [-0.2, 0) is 14.4 Å². The van der Waals surface area contributed by atoms with Gasteiger partial charge in [0.05, 0.1) is 0 Å². The second kappa shape index (κ2) is 10.1. The van der Waals surface area contributed by atoms with Crippen molar-refractivity contribution in [2.75, 3.05) is 26.2 Å². The Hall–Kier alpha value is -2.57. The van der Waals surface area contributed by atoms with E-state index in [1.807, 2.05) is 24.3 Å². The third-order valence-electron chi connectivity index (χ3n) is 5.11. The monoisotopic (exact) mass is 390 g/mol. The first kappa shape index (κ1) is 21.7. The molecule has 0 spiro atoms. The van der Waals surface area contributed by atoms with Gasteiger partial charge in [0.25, 0.3) is 5.91 Å². The predicted octanol–water partition coefficient (Wildman–Crippen LogP) is 2.50. The molecule has 0 bridgehead atoms. The molecule has 1 heterocycles. The molecule has 0 saturated carbocycles. The van der Waals surface area contributed by atoms with Crippen LogP contribution >= 0.6 is 0 Å². The van der Waals surface area contributed by atoms with Gasteiger partial charge in [0.1, 0.15) is 12.3 Å². The van der Waals surface area contributed by atoms with E-state index in [1.54, 1.807) is 4.90 Å². The smallest absolute Gasteiger partial charge is 0.323 e. The molecule has 0 radical (unpaired) electrons. The van der Waals surface area contributed by atoms with Crippen LogP contribution in [0.3, 0.4) is 0 Å². The summed E-state index contributed by atoms with van der Waals surface area (Å²) in [5.74, 6) is -0.267. The highest BCUT2D eigenvalue weighted by atomic mass is 16.5. The Morgan fingerprint density at radius 1 is 1.18 bits per heavy atom. The van der Waals surface area contributed by atoms with E-state index in [0.717, 1.165) is 6.42 Å². The molecule has 1 aliphatic rings. The van der Waals surface area contributed by atoms with Gasteiger partial charge in [-0.2, -0.15) is 0 Å². The van der Waals surface area contributed by atoms with Crippen LogP contribution in [-0.4, -0.2) is 65.0 Å². The minimum atomic E-state index is -1.02. The number of hydrogen-bond acceptors (Lipinski definition) is 4. The quantitative estimate of drug-likeness (QED) is 0.773. The van der Waals surface area contributed by atoms with Crippen molar-refractivity contribution >= 4 is 17.8 Å². The normalized spacial score (nSPS) is 17.1. The van der Waals surface area contributed by atoms with Gasteiger partial charge in [-0.1, -0.05) is 26.0 Å². The van der Waals surface area contributed by atoms with Gasteiger partial charge in [-0.3, -0.25) is 14.4 Å². The zero-order valence-electron chi connectivity index (χ0n) is 16.9. The average Bonchev–Trinajstić information content (AvgIpc) is 2.90. The van der Waals surface area contributed by atoms with Crippen molar-refractivity contribution in [2.45, 2.75) is 52.0 Å². The maximum absolute atomic E-state index is 12.5. The summed E-state index contributed by atoms with van der Waals surface area (Å²) < 4.78 is 5.63. The summed E-state index contributed by atoms with van der Waals surface area (Å²) >= 11 is 0. The molecule has 1 unspecified atom stereocenters. The SMILES string of the molecule is CC(=O)N(CC(=O)O)C1CCCN(C(=O)COc2ccc(C(C)C)cc2)CC1. The van der Waals surface area contributed by atoms with Crippen molar-refractivity contribution in [1.29, 1.82) is 0 Å². The molecule has 1 fully saturated rings. The summed E-state index contributed by atoms with van der Waals surface area (Å²) in [5.41, 5.74) is 1.22. The topological polar surface area (TPSA) is 87.2 Å². The van der Waals surface area contributed by atoms with Crippen LogP contribution in [0.5, 0.6) is 5.75 Å². The van der Waals surface area contributed by atoms with Crippen molar-refractivity contribution in [1.82, 2.24) is 9.80 Å². The Morgan fingerprint density at radius 2 is 1.86 bits per heavy atom. The summed E-state index contributed by atoms with van der Waals surface area (Å²) in [6.45, 7) is 6.37. The van der Waals surface area contributed by atoms with E-state index in [2.05, 4.69) is 13.8 Å². The molecular weight excluding hydrogens is 360 g/mol. The fourth-order valence-electron chi connectivity index (χ4n) is 3.47. The summed E-state index contributed by atoms with van der Waals surface area (Å²) in [6, 6.07) is 7.59. The number of ether oxygens (including phenoxy) is 1.